The van der Waals surface area contributed by atoms with Crippen molar-refractivity contribution in [2.24, 2.45) is 5.73 Å². The van der Waals surface area contributed by atoms with Gasteiger partial charge in [-0.25, -0.2) is 9.97 Å². The summed E-state index contributed by atoms with van der Waals surface area (Å²) >= 11 is 1.44. The Labute approximate surface area is 159 Å². The van der Waals surface area contributed by atoms with Crippen molar-refractivity contribution in [3.63, 3.8) is 0 Å². The number of hydrogen-bond acceptors (Lipinski definition) is 6. The van der Waals surface area contributed by atoms with E-state index in [-0.39, 0.29) is 11.3 Å². The van der Waals surface area contributed by atoms with Gasteiger partial charge in [-0.05, 0) is 25.0 Å². The molecule has 4 rings (SSSR count). The highest BCUT2D eigenvalue weighted by molar-refractivity contribution is 7.98. The van der Waals surface area contributed by atoms with Crippen LogP contribution in [0.5, 0.6) is 0 Å². The Morgan fingerprint density at radius 3 is 2.70 bits per heavy atom. The van der Waals surface area contributed by atoms with Crippen molar-refractivity contribution < 1.29 is 9.72 Å². The molecule has 1 saturated carbocycles. The molecule has 136 valence electrons. The van der Waals surface area contributed by atoms with Gasteiger partial charge < -0.3 is 5.73 Å². The van der Waals surface area contributed by atoms with Gasteiger partial charge in [-0.2, -0.15) is 0 Å². The minimum Gasteiger partial charge on any atom is -0.366 e. The first kappa shape index (κ1) is 17.4. The minimum absolute atomic E-state index is 0.112. The Balaban J connectivity index is 1.67. The van der Waals surface area contributed by atoms with Crippen molar-refractivity contribution in [2.75, 3.05) is 0 Å². The molecular formula is C19H16N4O3S. The van der Waals surface area contributed by atoms with E-state index in [0.717, 1.165) is 34.6 Å². The molecule has 7 nitrogen and oxygen atoms in total. The SMILES string of the molecule is NC(=O)c1ccc(CSc2nc(C3CC3)nc3ccccc23)c([N+](=O)[O-])c1. The fourth-order valence-electron chi connectivity index (χ4n) is 2.85. The summed E-state index contributed by atoms with van der Waals surface area (Å²) in [6.45, 7) is 0. The molecule has 0 radical (unpaired) electrons. The first-order chi connectivity index (χ1) is 13.0. The summed E-state index contributed by atoms with van der Waals surface area (Å²) < 4.78 is 0. The standard InChI is InChI=1S/C19H16N4O3S/c20-17(24)12-7-8-13(16(9-12)23(25)26)10-27-19-14-3-1-2-4-15(14)21-18(22-19)11-5-6-11/h1-4,7-9,11H,5-6,10H2,(H2,20,24). The molecule has 1 amide bonds. The van der Waals surface area contributed by atoms with Crippen LogP contribution in [-0.2, 0) is 5.75 Å². The largest absolute Gasteiger partial charge is 0.366 e. The average Bonchev–Trinajstić information content (AvgIpc) is 3.50. The molecule has 0 saturated heterocycles. The fourth-order valence-corrected chi connectivity index (χ4v) is 3.88. The smallest absolute Gasteiger partial charge is 0.274 e. The summed E-state index contributed by atoms with van der Waals surface area (Å²) in [4.78, 5) is 31.5. The maximum Gasteiger partial charge on any atom is 0.274 e. The van der Waals surface area contributed by atoms with Gasteiger partial charge in [-0.3, -0.25) is 14.9 Å². The van der Waals surface area contributed by atoms with E-state index in [1.54, 1.807) is 6.07 Å². The van der Waals surface area contributed by atoms with E-state index in [1.165, 1.54) is 23.9 Å². The Morgan fingerprint density at radius 2 is 2.00 bits per heavy atom. The number of hydrogen-bond donors (Lipinski definition) is 1. The number of para-hydroxylation sites is 1. The maximum absolute atomic E-state index is 11.4. The number of aromatic nitrogens is 2. The lowest BCUT2D eigenvalue weighted by molar-refractivity contribution is -0.385. The second-order valence-corrected chi connectivity index (χ2v) is 7.40. The Kier molecular flexibility index (Phi) is 4.49. The summed E-state index contributed by atoms with van der Waals surface area (Å²) in [6.07, 6.45) is 2.20. The van der Waals surface area contributed by atoms with Crippen molar-refractivity contribution in [1.82, 2.24) is 9.97 Å². The molecule has 0 atom stereocenters. The van der Waals surface area contributed by atoms with Crippen LogP contribution in [0.25, 0.3) is 10.9 Å². The summed E-state index contributed by atoms with van der Waals surface area (Å²) in [5.74, 6) is 0.932. The van der Waals surface area contributed by atoms with Gasteiger partial charge in [0, 0.05) is 34.3 Å². The van der Waals surface area contributed by atoms with Gasteiger partial charge in [-0.15, -0.1) is 11.8 Å². The topological polar surface area (TPSA) is 112 Å². The van der Waals surface area contributed by atoms with Crippen LogP contribution >= 0.6 is 11.8 Å². The third kappa shape index (κ3) is 3.61. The molecule has 0 unspecified atom stereocenters. The number of fused-ring (bicyclic) bond motifs is 1. The molecule has 2 N–H and O–H groups in total. The summed E-state index contributed by atoms with van der Waals surface area (Å²) in [6, 6.07) is 12.1. The van der Waals surface area contributed by atoms with E-state index in [0.29, 0.717) is 17.2 Å². The number of rotatable bonds is 6. The molecule has 0 bridgehead atoms. The molecular weight excluding hydrogens is 364 g/mol. The summed E-state index contributed by atoms with van der Waals surface area (Å²) in [5.41, 5.74) is 6.64. The number of primary amides is 1. The lowest BCUT2D eigenvalue weighted by atomic mass is 10.1. The van der Waals surface area contributed by atoms with E-state index < -0.39 is 10.8 Å². The molecule has 2 aromatic carbocycles. The first-order valence-corrected chi connectivity index (χ1v) is 9.48. The van der Waals surface area contributed by atoms with Crippen molar-refractivity contribution in [3.8, 4) is 0 Å². The highest BCUT2D eigenvalue weighted by Crippen LogP contribution is 2.40. The third-order valence-corrected chi connectivity index (χ3v) is 5.50. The van der Waals surface area contributed by atoms with Gasteiger partial charge in [0.15, 0.2) is 0 Å². The van der Waals surface area contributed by atoms with Gasteiger partial charge >= 0.3 is 0 Å². The molecule has 1 heterocycles. The number of carbonyl (C=O) groups excluding carboxylic acids is 1. The second kappa shape index (κ2) is 6.96. The van der Waals surface area contributed by atoms with Crippen molar-refractivity contribution in [3.05, 3.63) is 69.5 Å². The van der Waals surface area contributed by atoms with Gasteiger partial charge in [0.05, 0.1) is 10.4 Å². The summed E-state index contributed by atoms with van der Waals surface area (Å²) in [5, 5.41) is 13.1. The monoisotopic (exact) mass is 380 g/mol. The van der Waals surface area contributed by atoms with Crippen LogP contribution in [0.2, 0.25) is 0 Å². The number of carbonyl (C=O) groups is 1. The van der Waals surface area contributed by atoms with Crippen LogP contribution in [-0.4, -0.2) is 20.8 Å². The molecule has 0 aliphatic heterocycles. The van der Waals surface area contributed by atoms with Crippen LogP contribution in [0.15, 0.2) is 47.5 Å². The lowest BCUT2D eigenvalue weighted by Gasteiger charge is -2.09. The highest BCUT2D eigenvalue weighted by atomic mass is 32.2. The van der Waals surface area contributed by atoms with Crippen molar-refractivity contribution in [1.29, 1.82) is 0 Å². The number of nitro groups is 1. The van der Waals surface area contributed by atoms with E-state index in [1.807, 2.05) is 24.3 Å². The zero-order valence-corrected chi connectivity index (χ0v) is 15.1. The predicted octanol–water partition coefficient (Wildman–Crippen LogP) is 3.81. The van der Waals surface area contributed by atoms with Gasteiger partial charge in [0.2, 0.25) is 5.91 Å². The van der Waals surface area contributed by atoms with E-state index in [4.69, 9.17) is 10.7 Å². The van der Waals surface area contributed by atoms with Gasteiger partial charge in [-0.1, -0.05) is 24.3 Å². The van der Waals surface area contributed by atoms with Crippen LogP contribution in [0.4, 0.5) is 5.69 Å². The molecule has 1 aliphatic carbocycles. The lowest BCUT2D eigenvalue weighted by Crippen LogP contribution is -2.11. The van der Waals surface area contributed by atoms with E-state index in [9.17, 15) is 14.9 Å². The maximum atomic E-state index is 11.4. The molecule has 3 aromatic rings. The zero-order chi connectivity index (χ0) is 19.0. The van der Waals surface area contributed by atoms with E-state index >= 15 is 0 Å². The number of nitrogens with zero attached hydrogens (tertiary/aromatic N) is 3. The van der Waals surface area contributed by atoms with Crippen LogP contribution in [0, 0.1) is 10.1 Å². The Morgan fingerprint density at radius 1 is 1.22 bits per heavy atom. The summed E-state index contributed by atoms with van der Waals surface area (Å²) in [7, 11) is 0. The van der Waals surface area contributed by atoms with Crippen molar-refractivity contribution >= 4 is 34.3 Å². The normalized spacial score (nSPS) is 13.6. The number of nitro benzene ring substituents is 1. The second-order valence-electron chi connectivity index (χ2n) is 6.43. The highest BCUT2D eigenvalue weighted by Gasteiger charge is 2.27. The average molecular weight is 380 g/mol. The molecule has 1 aromatic heterocycles. The van der Waals surface area contributed by atoms with Gasteiger partial charge in [0.1, 0.15) is 10.9 Å². The molecule has 0 spiro atoms. The molecule has 8 heteroatoms. The quantitative estimate of drug-likeness (QED) is 0.301. The Bertz CT molecular complexity index is 1070. The number of thioether (sulfide) groups is 1. The number of amides is 1. The van der Waals surface area contributed by atoms with Crippen LogP contribution < -0.4 is 5.73 Å². The predicted molar refractivity (Wildman–Crippen MR) is 103 cm³/mol. The zero-order valence-electron chi connectivity index (χ0n) is 14.3. The van der Waals surface area contributed by atoms with Crippen molar-refractivity contribution in [2.45, 2.75) is 29.5 Å². The first-order valence-electron chi connectivity index (χ1n) is 8.49. The Hall–Kier alpha value is -3.00. The molecule has 1 fully saturated rings. The number of nitrogens with two attached hydrogens (primary N) is 1. The molecule has 1 aliphatic rings. The van der Waals surface area contributed by atoms with Gasteiger partial charge in [0.25, 0.3) is 5.69 Å². The minimum atomic E-state index is -0.687. The van der Waals surface area contributed by atoms with Crippen LogP contribution in [0.1, 0.15) is 40.5 Å². The fraction of sp³-hybridized carbons (Fsp3) is 0.211. The third-order valence-electron chi connectivity index (χ3n) is 4.46. The van der Waals surface area contributed by atoms with E-state index in [2.05, 4.69) is 4.98 Å². The number of benzene rings is 2. The molecule has 27 heavy (non-hydrogen) atoms. The van der Waals surface area contributed by atoms with Crippen LogP contribution in [0.3, 0.4) is 0 Å².